The minimum atomic E-state index is 0.162. The monoisotopic (exact) mass is 429 g/mol. The van der Waals surface area contributed by atoms with E-state index in [4.69, 9.17) is 9.73 Å². The molecule has 2 heterocycles. The predicted octanol–water partition coefficient (Wildman–Crippen LogP) is 3.27. The van der Waals surface area contributed by atoms with E-state index in [1.807, 2.05) is 0 Å². The van der Waals surface area contributed by atoms with E-state index in [0.29, 0.717) is 6.04 Å². The van der Waals surface area contributed by atoms with Gasteiger partial charge in [0.2, 0.25) is 0 Å². The Morgan fingerprint density at radius 1 is 1.06 bits per heavy atom. The van der Waals surface area contributed by atoms with Crippen LogP contribution in [0.5, 0.6) is 0 Å². The zero-order valence-electron chi connectivity index (χ0n) is 19.9. The Labute approximate surface area is 189 Å². The molecule has 2 aliphatic heterocycles. The van der Waals surface area contributed by atoms with E-state index in [1.165, 1.54) is 31.5 Å². The maximum Gasteiger partial charge on any atom is 0.191 e. The van der Waals surface area contributed by atoms with Gasteiger partial charge in [-0.2, -0.15) is 0 Å². The first-order chi connectivity index (χ1) is 15.2. The molecule has 0 bridgehead atoms. The van der Waals surface area contributed by atoms with Gasteiger partial charge < -0.3 is 15.4 Å². The van der Waals surface area contributed by atoms with E-state index in [9.17, 15) is 0 Å². The lowest BCUT2D eigenvalue weighted by Crippen LogP contribution is -2.54. The molecule has 0 spiro atoms. The molecule has 2 fully saturated rings. The maximum atomic E-state index is 5.71. The Balaban J connectivity index is 1.71. The molecular formula is C25H43N5O. The van der Waals surface area contributed by atoms with Gasteiger partial charge in [-0.15, -0.1) is 0 Å². The summed E-state index contributed by atoms with van der Waals surface area (Å²) >= 11 is 0. The second-order valence-electron chi connectivity index (χ2n) is 8.75. The summed E-state index contributed by atoms with van der Waals surface area (Å²) in [4.78, 5) is 10.3. The van der Waals surface area contributed by atoms with Gasteiger partial charge in [0.1, 0.15) is 0 Å². The van der Waals surface area contributed by atoms with Crippen molar-refractivity contribution in [3.05, 3.63) is 35.9 Å². The summed E-state index contributed by atoms with van der Waals surface area (Å²) in [6.07, 6.45) is 4.80. The summed E-state index contributed by atoms with van der Waals surface area (Å²) in [7, 11) is 0. The van der Waals surface area contributed by atoms with E-state index in [-0.39, 0.29) is 5.54 Å². The van der Waals surface area contributed by atoms with Crippen LogP contribution >= 0.6 is 0 Å². The van der Waals surface area contributed by atoms with Gasteiger partial charge in [-0.3, -0.25) is 14.8 Å². The van der Waals surface area contributed by atoms with Crippen LogP contribution in [0.2, 0.25) is 0 Å². The molecular weight excluding hydrogens is 386 g/mol. The first-order valence-corrected chi connectivity index (χ1v) is 12.4. The topological polar surface area (TPSA) is 52.1 Å². The van der Waals surface area contributed by atoms with E-state index in [0.717, 1.165) is 64.7 Å². The molecule has 0 amide bonds. The number of aliphatic imine (C=N–C) groups is 1. The number of hydrogen-bond acceptors (Lipinski definition) is 4. The van der Waals surface area contributed by atoms with Crippen molar-refractivity contribution >= 4 is 5.96 Å². The molecule has 2 N–H and O–H groups in total. The van der Waals surface area contributed by atoms with Crippen LogP contribution in [0.15, 0.2) is 35.3 Å². The molecule has 1 aromatic rings. The standard InChI is InChI=1S/C25H43N5O/c1-4-26-24(27-20-23(29(5-2)6-3)22-12-8-7-9-13-22)28-21-25(14-18-31-19-15-25)30-16-10-11-17-30/h7-9,12-13,23H,4-6,10-11,14-21H2,1-3H3,(H2,26,27,28). The number of nitrogens with one attached hydrogen (secondary N) is 2. The zero-order chi connectivity index (χ0) is 21.9. The quantitative estimate of drug-likeness (QED) is 0.442. The maximum absolute atomic E-state index is 5.71. The number of benzene rings is 1. The fraction of sp³-hybridized carbons (Fsp3) is 0.720. The number of likely N-dealkylation sites (tertiary alicyclic amines) is 1. The van der Waals surface area contributed by atoms with E-state index < -0.39 is 0 Å². The SMILES string of the molecule is CCNC(=NCC1(N2CCCC2)CCOCC1)NCC(c1ccccc1)N(CC)CC. The van der Waals surface area contributed by atoms with Gasteiger partial charge in [0.15, 0.2) is 5.96 Å². The van der Waals surface area contributed by atoms with E-state index >= 15 is 0 Å². The lowest BCUT2D eigenvalue weighted by atomic mass is 9.88. The number of rotatable bonds is 10. The third kappa shape index (κ3) is 6.43. The molecule has 1 atom stereocenters. The second kappa shape index (κ2) is 12.4. The Bertz CT molecular complexity index is 649. The highest BCUT2D eigenvalue weighted by Gasteiger charge is 2.39. The highest BCUT2D eigenvalue weighted by Crippen LogP contribution is 2.31. The van der Waals surface area contributed by atoms with Crippen molar-refractivity contribution in [3.8, 4) is 0 Å². The fourth-order valence-electron chi connectivity index (χ4n) is 5.08. The van der Waals surface area contributed by atoms with Crippen molar-refractivity contribution in [3.63, 3.8) is 0 Å². The summed E-state index contributed by atoms with van der Waals surface area (Å²) in [5.74, 6) is 0.931. The van der Waals surface area contributed by atoms with Crippen LogP contribution in [-0.2, 0) is 4.74 Å². The normalized spacial score (nSPS) is 20.7. The van der Waals surface area contributed by atoms with Crippen molar-refractivity contribution in [2.24, 2.45) is 4.99 Å². The van der Waals surface area contributed by atoms with Crippen molar-refractivity contribution in [2.45, 2.75) is 58.0 Å². The number of guanidine groups is 1. The lowest BCUT2D eigenvalue weighted by molar-refractivity contribution is -0.0139. The fourth-order valence-corrected chi connectivity index (χ4v) is 5.08. The molecule has 174 valence electrons. The molecule has 3 rings (SSSR count). The summed E-state index contributed by atoms with van der Waals surface area (Å²) < 4.78 is 5.71. The molecule has 1 unspecified atom stereocenters. The Morgan fingerprint density at radius 2 is 1.74 bits per heavy atom. The van der Waals surface area contributed by atoms with Crippen LogP contribution in [0.4, 0.5) is 0 Å². The minimum absolute atomic E-state index is 0.162. The average Bonchev–Trinajstić information content (AvgIpc) is 3.37. The van der Waals surface area contributed by atoms with E-state index in [2.05, 4.69) is 71.5 Å². The molecule has 2 aliphatic rings. The van der Waals surface area contributed by atoms with Gasteiger partial charge in [0, 0.05) is 31.8 Å². The summed E-state index contributed by atoms with van der Waals surface area (Å²) in [6.45, 7) is 15.4. The van der Waals surface area contributed by atoms with Crippen LogP contribution < -0.4 is 10.6 Å². The molecule has 0 saturated carbocycles. The smallest absolute Gasteiger partial charge is 0.191 e. The molecule has 0 radical (unpaired) electrons. The first kappa shape index (κ1) is 24.0. The third-order valence-corrected chi connectivity index (χ3v) is 6.98. The van der Waals surface area contributed by atoms with Crippen molar-refractivity contribution < 1.29 is 4.74 Å². The summed E-state index contributed by atoms with van der Waals surface area (Å²) in [5, 5.41) is 7.15. The van der Waals surface area contributed by atoms with Crippen LogP contribution in [0.3, 0.4) is 0 Å². The lowest BCUT2D eigenvalue weighted by Gasteiger charge is -2.43. The van der Waals surface area contributed by atoms with Gasteiger partial charge in [-0.05, 0) is 64.3 Å². The molecule has 31 heavy (non-hydrogen) atoms. The largest absolute Gasteiger partial charge is 0.381 e. The molecule has 0 aliphatic carbocycles. The zero-order valence-corrected chi connectivity index (χ0v) is 19.9. The molecule has 0 aromatic heterocycles. The number of ether oxygens (including phenoxy) is 1. The number of nitrogens with zero attached hydrogens (tertiary/aromatic N) is 3. The molecule has 2 saturated heterocycles. The van der Waals surface area contributed by atoms with E-state index in [1.54, 1.807) is 0 Å². The average molecular weight is 430 g/mol. The van der Waals surface area contributed by atoms with Crippen molar-refractivity contribution in [1.29, 1.82) is 0 Å². The molecule has 6 nitrogen and oxygen atoms in total. The highest BCUT2D eigenvalue weighted by atomic mass is 16.5. The molecule has 1 aromatic carbocycles. The minimum Gasteiger partial charge on any atom is -0.381 e. The first-order valence-electron chi connectivity index (χ1n) is 12.4. The summed E-state index contributed by atoms with van der Waals surface area (Å²) in [5.41, 5.74) is 1.52. The van der Waals surface area contributed by atoms with Crippen molar-refractivity contribution in [1.82, 2.24) is 20.4 Å². The second-order valence-corrected chi connectivity index (χ2v) is 8.75. The Hall–Kier alpha value is -1.63. The van der Waals surface area contributed by atoms with Gasteiger partial charge >= 0.3 is 0 Å². The number of hydrogen-bond donors (Lipinski definition) is 2. The Kier molecular flexibility index (Phi) is 9.62. The van der Waals surface area contributed by atoms with Gasteiger partial charge in [0.25, 0.3) is 0 Å². The number of likely N-dealkylation sites (N-methyl/N-ethyl adjacent to an activating group) is 1. The van der Waals surface area contributed by atoms with Gasteiger partial charge in [-0.1, -0.05) is 44.2 Å². The van der Waals surface area contributed by atoms with Crippen molar-refractivity contribution in [2.75, 3.05) is 59.0 Å². The molecule has 6 heteroatoms. The third-order valence-electron chi connectivity index (χ3n) is 6.98. The Morgan fingerprint density at radius 3 is 2.35 bits per heavy atom. The van der Waals surface area contributed by atoms with Crippen LogP contribution in [-0.4, -0.2) is 80.3 Å². The summed E-state index contributed by atoms with van der Waals surface area (Å²) in [6, 6.07) is 11.2. The predicted molar refractivity (Wildman–Crippen MR) is 130 cm³/mol. The van der Waals surface area contributed by atoms with Crippen LogP contribution in [0, 0.1) is 0 Å². The van der Waals surface area contributed by atoms with Crippen LogP contribution in [0.25, 0.3) is 0 Å². The highest BCUT2D eigenvalue weighted by molar-refractivity contribution is 5.79. The van der Waals surface area contributed by atoms with Gasteiger partial charge in [0.05, 0.1) is 12.6 Å². The van der Waals surface area contributed by atoms with Crippen LogP contribution in [0.1, 0.15) is 58.1 Å². The van der Waals surface area contributed by atoms with Gasteiger partial charge in [-0.25, -0.2) is 0 Å².